The average molecular weight is 224 g/mol. The highest BCUT2D eigenvalue weighted by Gasteiger charge is 2.37. The van der Waals surface area contributed by atoms with Crippen LogP contribution in [-0.2, 0) is 0 Å². The van der Waals surface area contributed by atoms with Gasteiger partial charge in [-0.25, -0.2) is 0 Å². The molecule has 1 saturated heterocycles. The number of rotatable bonds is 4. The van der Waals surface area contributed by atoms with E-state index >= 15 is 0 Å². The summed E-state index contributed by atoms with van der Waals surface area (Å²) in [6.07, 6.45) is 8.43. The molecule has 94 valence electrons. The maximum absolute atomic E-state index is 6.00. The summed E-state index contributed by atoms with van der Waals surface area (Å²) in [7, 11) is 0. The van der Waals surface area contributed by atoms with E-state index in [9.17, 15) is 0 Å². The average Bonchev–Trinajstić information content (AvgIpc) is 2.76. The van der Waals surface area contributed by atoms with E-state index < -0.39 is 0 Å². The van der Waals surface area contributed by atoms with Gasteiger partial charge < -0.3 is 10.6 Å². The molecule has 1 unspecified atom stereocenters. The van der Waals surface area contributed by atoms with Crippen molar-refractivity contribution in [3.05, 3.63) is 0 Å². The van der Waals surface area contributed by atoms with Crippen molar-refractivity contribution < 1.29 is 0 Å². The Hall–Kier alpha value is -0.0800. The number of likely N-dealkylation sites (tertiary alicyclic amines) is 1. The molecule has 0 radical (unpaired) electrons. The van der Waals surface area contributed by atoms with Crippen LogP contribution in [0.25, 0.3) is 0 Å². The van der Waals surface area contributed by atoms with Gasteiger partial charge in [0.15, 0.2) is 0 Å². The minimum absolute atomic E-state index is 0.442. The lowest BCUT2D eigenvalue weighted by molar-refractivity contribution is 0.146. The molecule has 1 aliphatic carbocycles. The Kier molecular flexibility index (Phi) is 3.91. The lowest BCUT2D eigenvalue weighted by atomic mass is 9.78. The van der Waals surface area contributed by atoms with Gasteiger partial charge in [-0.3, -0.25) is 0 Å². The predicted molar refractivity (Wildman–Crippen MR) is 69.4 cm³/mol. The molecular weight excluding hydrogens is 196 g/mol. The topological polar surface area (TPSA) is 29.3 Å². The molecule has 0 bridgehead atoms. The summed E-state index contributed by atoms with van der Waals surface area (Å²) in [6.45, 7) is 8.44. The zero-order valence-electron chi connectivity index (χ0n) is 11.0. The number of nitrogens with two attached hydrogens (primary N) is 1. The van der Waals surface area contributed by atoms with Gasteiger partial charge in [0, 0.05) is 19.1 Å². The molecule has 0 aromatic carbocycles. The Labute approximate surface area is 101 Å². The second-order valence-electron chi connectivity index (χ2n) is 6.59. The minimum Gasteiger partial charge on any atom is -0.326 e. The molecule has 16 heavy (non-hydrogen) atoms. The molecule has 2 heteroatoms. The van der Waals surface area contributed by atoms with Gasteiger partial charge in [-0.2, -0.15) is 0 Å². The van der Waals surface area contributed by atoms with Crippen molar-refractivity contribution in [2.45, 2.75) is 58.4 Å². The van der Waals surface area contributed by atoms with Gasteiger partial charge in [0.25, 0.3) is 0 Å². The standard InChI is InChI=1S/C14H28N2/c1-12(2)9-14(6-3-4-7-14)11-16-8-5-13(15)10-16/h12-13H,3-11,15H2,1-2H3. The lowest BCUT2D eigenvalue weighted by Crippen LogP contribution is -2.37. The third-order valence-electron chi connectivity index (χ3n) is 4.37. The molecule has 1 heterocycles. The molecule has 2 rings (SSSR count). The molecule has 0 aromatic heterocycles. The number of hydrogen-bond acceptors (Lipinski definition) is 2. The quantitative estimate of drug-likeness (QED) is 0.795. The fourth-order valence-electron chi connectivity index (χ4n) is 3.90. The summed E-state index contributed by atoms with van der Waals surface area (Å²) in [5, 5.41) is 0. The van der Waals surface area contributed by atoms with Crippen LogP contribution in [0.3, 0.4) is 0 Å². The third kappa shape index (κ3) is 2.98. The van der Waals surface area contributed by atoms with Gasteiger partial charge in [-0.15, -0.1) is 0 Å². The van der Waals surface area contributed by atoms with Crippen LogP contribution in [0.4, 0.5) is 0 Å². The van der Waals surface area contributed by atoms with E-state index in [-0.39, 0.29) is 0 Å². The third-order valence-corrected chi connectivity index (χ3v) is 4.37. The Morgan fingerprint density at radius 2 is 2.00 bits per heavy atom. The Morgan fingerprint density at radius 1 is 1.31 bits per heavy atom. The van der Waals surface area contributed by atoms with Crippen molar-refractivity contribution in [2.24, 2.45) is 17.1 Å². The van der Waals surface area contributed by atoms with E-state index in [1.54, 1.807) is 0 Å². The van der Waals surface area contributed by atoms with Gasteiger partial charge >= 0.3 is 0 Å². The summed E-state index contributed by atoms with van der Waals surface area (Å²) in [4.78, 5) is 2.62. The van der Waals surface area contributed by atoms with Gasteiger partial charge in [0.1, 0.15) is 0 Å². The highest BCUT2D eigenvalue weighted by atomic mass is 15.2. The SMILES string of the molecule is CC(C)CC1(CN2CCC(N)C2)CCCC1. The van der Waals surface area contributed by atoms with Crippen LogP contribution in [0.1, 0.15) is 52.4 Å². The molecule has 0 aromatic rings. The molecule has 2 nitrogen and oxygen atoms in total. The second-order valence-corrected chi connectivity index (χ2v) is 6.59. The van der Waals surface area contributed by atoms with E-state index in [1.807, 2.05) is 0 Å². The number of nitrogens with zero attached hydrogens (tertiary/aromatic N) is 1. The highest BCUT2D eigenvalue weighted by molar-refractivity contribution is 4.91. The normalized spacial score (nSPS) is 30.4. The molecule has 0 spiro atoms. The first-order valence-corrected chi connectivity index (χ1v) is 7.08. The van der Waals surface area contributed by atoms with Crippen molar-refractivity contribution in [2.75, 3.05) is 19.6 Å². The monoisotopic (exact) mass is 224 g/mol. The van der Waals surface area contributed by atoms with E-state index in [0.29, 0.717) is 11.5 Å². The summed E-state index contributed by atoms with van der Waals surface area (Å²) >= 11 is 0. The first-order valence-electron chi connectivity index (χ1n) is 7.08. The molecule has 1 aliphatic heterocycles. The summed E-state index contributed by atoms with van der Waals surface area (Å²) in [5.41, 5.74) is 6.64. The summed E-state index contributed by atoms with van der Waals surface area (Å²) < 4.78 is 0. The second kappa shape index (κ2) is 5.05. The van der Waals surface area contributed by atoms with Gasteiger partial charge in [-0.05, 0) is 43.6 Å². The smallest absolute Gasteiger partial charge is 0.0180 e. The largest absolute Gasteiger partial charge is 0.326 e. The first kappa shape index (κ1) is 12.4. The van der Waals surface area contributed by atoms with E-state index in [4.69, 9.17) is 5.73 Å². The van der Waals surface area contributed by atoms with Crippen LogP contribution >= 0.6 is 0 Å². The maximum atomic E-state index is 6.00. The van der Waals surface area contributed by atoms with Crippen molar-refractivity contribution in [3.8, 4) is 0 Å². The molecule has 2 fully saturated rings. The molecule has 2 N–H and O–H groups in total. The van der Waals surface area contributed by atoms with E-state index in [1.165, 1.54) is 51.6 Å². The van der Waals surface area contributed by atoms with Gasteiger partial charge in [0.05, 0.1) is 0 Å². The fourth-order valence-corrected chi connectivity index (χ4v) is 3.90. The Morgan fingerprint density at radius 3 is 2.50 bits per heavy atom. The van der Waals surface area contributed by atoms with Crippen LogP contribution in [0.2, 0.25) is 0 Å². The first-order chi connectivity index (χ1) is 7.60. The van der Waals surface area contributed by atoms with Crippen molar-refractivity contribution in [3.63, 3.8) is 0 Å². The Bertz CT molecular complexity index is 219. The van der Waals surface area contributed by atoms with Crippen molar-refractivity contribution in [1.82, 2.24) is 4.90 Å². The summed E-state index contributed by atoms with van der Waals surface area (Å²) in [6, 6.07) is 0.442. The number of hydrogen-bond donors (Lipinski definition) is 1. The lowest BCUT2D eigenvalue weighted by Gasteiger charge is -2.35. The van der Waals surface area contributed by atoms with E-state index in [0.717, 1.165) is 12.5 Å². The predicted octanol–water partition coefficient (Wildman–Crippen LogP) is 2.63. The maximum Gasteiger partial charge on any atom is 0.0180 e. The zero-order valence-corrected chi connectivity index (χ0v) is 11.0. The Balaban J connectivity index is 1.92. The van der Waals surface area contributed by atoms with Crippen LogP contribution in [0.5, 0.6) is 0 Å². The van der Waals surface area contributed by atoms with Crippen LogP contribution in [-0.4, -0.2) is 30.6 Å². The minimum atomic E-state index is 0.442. The van der Waals surface area contributed by atoms with Crippen LogP contribution in [0.15, 0.2) is 0 Å². The highest BCUT2D eigenvalue weighted by Crippen LogP contribution is 2.44. The van der Waals surface area contributed by atoms with E-state index in [2.05, 4.69) is 18.7 Å². The molecule has 1 atom stereocenters. The van der Waals surface area contributed by atoms with Crippen LogP contribution < -0.4 is 5.73 Å². The summed E-state index contributed by atoms with van der Waals surface area (Å²) in [5.74, 6) is 0.842. The molecule has 2 aliphatic rings. The van der Waals surface area contributed by atoms with Crippen molar-refractivity contribution in [1.29, 1.82) is 0 Å². The zero-order chi connectivity index (χ0) is 11.6. The molecule has 0 amide bonds. The molecular formula is C14H28N2. The molecule has 1 saturated carbocycles. The van der Waals surface area contributed by atoms with Gasteiger partial charge in [-0.1, -0.05) is 26.7 Å². The van der Waals surface area contributed by atoms with Crippen molar-refractivity contribution >= 4 is 0 Å². The fraction of sp³-hybridized carbons (Fsp3) is 1.00. The van der Waals surface area contributed by atoms with Crippen LogP contribution in [0, 0.1) is 11.3 Å². The van der Waals surface area contributed by atoms with Gasteiger partial charge in [0.2, 0.25) is 0 Å².